The van der Waals surface area contributed by atoms with Crippen LogP contribution in [0.4, 0.5) is 0 Å². The van der Waals surface area contributed by atoms with E-state index in [1.807, 2.05) is 0 Å². The average molecular weight is 272 g/mol. The monoisotopic (exact) mass is 271 g/mol. The third-order valence-electron chi connectivity index (χ3n) is 2.07. The topological polar surface area (TPSA) is 64.6 Å². The molecule has 0 bridgehead atoms. The number of nitrogens with one attached hydrogen (secondary N) is 1. The minimum absolute atomic E-state index is 0.0716. The Morgan fingerprint density at radius 3 is 2.83 bits per heavy atom. The van der Waals surface area contributed by atoms with Crippen LogP contribution in [0, 0.1) is 0 Å². The molecule has 0 spiro atoms. The molecule has 0 fully saturated rings. The van der Waals surface area contributed by atoms with Crippen LogP contribution in [0.5, 0.6) is 5.75 Å². The van der Waals surface area contributed by atoms with Crippen molar-refractivity contribution in [3.8, 4) is 5.75 Å². The van der Waals surface area contributed by atoms with E-state index in [1.54, 1.807) is 24.3 Å². The first-order chi connectivity index (χ1) is 8.67. The fraction of sp³-hybridized carbons (Fsp3) is 0.333. The van der Waals surface area contributed by atoms with Gasteiger partial charge < -0.3 is 14.8 Å². The molecule has 1 N–H and O–H groups in total. The lowest BCUT2D eigenvalue weighted by molar-refractivity contribution is -0.118. The molecule has 0 heterocycles. The predicted molar refractivity (Wildman–Crippen MR) is 67.0 cm³/mol. The maximum atomic E-state index is 11.3. The zero-order valence-electron chi connectivity index (χ0n) is 9.94. The number of rotatable bonds is 6. The van der Waals surface area contributed by atoms with Gasteiger partial charge in [0.2, 0.25) is 5.91 Å². The first-order valence-electron chi connectivity index (χ1n) is 5.31. The number of esters is 1. The van der Waals surface area contributed by atoms with Crippen molar-refractivity contribution in [3.63, 3.8) is 0 Å². The van der Waals surface area contributed by atoms with Crippen molar-refractivity contribution >= 4 is 23.5 Å². The lowest BCUT2D eigenvalue weighted by Gasteiger charge is -2.07. The van der Waals surface area contributed by atoms with Crippen molar-refractivity contribution < 1.29 is 19.1 Å². The zero-order chi connectivity index (χ0) is 13.4. The van der Waals surface area contributed by atoms with Gasteiger partial charge in [0.15, 0.2) is 0 Å². The van der Waals surface area contributed by atoms with Crippen LogP contribution in [0.3, 0.4) is 0 Å². The first-order valence-corrected chi connectivity index (χ1v) is 5.84. The molecule has 1 aromatic carbocycles. The lowest BCUT2D eigenvalue weighted by Crippen LogP contribution is -2.28. The number of benzene rings is 1. The van der Waals surface area contributed by atoms with Crippen LogP contribution in [-0.4, -0.2) is 38.0 Å². The Hall–Kier alpha value is -1.75. The van der Waals surface area contributed by atoms with E-state index in [1.165, 1.54) is 7.11 Å². The lowest BCUT2D eigenvalue weighted by atomic mass is 10.2. The number of carbonyl (C=O) groups excluding carboxylic acids is 2. The van der Waals surface area contributed by atoms with E-state index in [9.17, 15) is 9.59 Å². The molecule has 0 radical (unpaired) electrons. The largest absolute Gasteiger partial charge is 0.492 e. The molecule has 0 aliphatic carbocycles. The van der Waals surface area contributed by atoms with Gasteiger partial charge in [0.1, 0.15) is 18.2 Å². The zero-order valence-corrected chi connectivity index (χ0v) is 10.7. The van der Waals surface area contributed by atoms with Gasteiger partial charge in [-0.1, -0.05) is 6.07 Å². The SMILES string of the molecule is COC(=O)c1cccc(OCCNC(=O)CCl)c1. The number of hydrogen-bond acceptors (Lipinski definition) is 4. The summed E-state index contributed by atoms with van der Waals surface area (Å²) < 4.78 is 9.97. The van der Waals surface area contributed by atoms with E-state index in [-0.39, 0.29) is 11.8 Å². The maximum absolute atomic E-state index is 11.3. The fourth-order valence-electron chi connectivity index (χ4n) is 1.24. The Labute approximate surface area is 110 Å². The molecule has 0 aliphatic rings. The Bertz CT molecular complexity index is 422. The summed E-state index contributed by atoms with van der Waals surface area (Å²) in [5.41, 5.74) is 0.416. The average Bonchev–Trinajstić information content (AvgIpc) is 2.42. The number of carbonyl (C=O) groups is 2. The molecule has 6 heteroatoms. The Balaban J connectivity index is 2.43. The van der Waals surface area contributed by atoms with E-state index in [4.69, 9.17) is 16.3 Å². The molecule has 5 nitrogen and oxygen atoms in total. The highest BCUT2D eigenvalue weighted by Crippen LogP contribution is 2.13. The molecule has 0 aliphatic heterocycles. The highest BCUT2D eigenvalue weighted by molar-refractivity contribution is 6.27. The Kier molecular flexibility index (Phi) is 6.00. The third-order valence-corrected chi connectivity index (χ3v) is 2.31. The minimum atomic E-state index is -0.420. The highest BCUT2D eigenvalue weighted by Gasteiger charge is 2.06. The molecule has 0 aromatic heterocycles. The Morgan fingerprint density at radius 1 is 1.39 bits per heavy atom. The molecule has 18 heavy (non-hydrogen) atoms. The second-order valence-electron chi connectivity index (χ2n) is 3.35. The van der Waals surface area contributed by atoms with E-state index in [0.29, 0.717) is 24.5 Å². The summed E-state index contributed by atoms with van der Waals surface area (Å²) in [6.07, 6.45) is 0. The molecule has 0 saturated heterocycles. The summed E-state index contributed by atoms with van der Waals surface area (Å²) in [6, 6.07) is 6.62. The minimum Gasteiger partial charge on any atom is -0.492 e. The van der Waals surface area contributed by atoms with Crippen LogP contribution in [0.2, 0.25) is 0 Å². The number of halogens is 1. The van der Waals surface area contributed by atoms with Crippen molar-refractivity contribution in [2.24, 2.45) is 0 Å². The van der Waals surface area contributed by atoms with Crippen LogP contribution < -0.4 is 10.1 Å². The van der Waals surface area contributed by atoms with Crippen molar-refractivity contribution in [2.45, 2.75) is 0 Å². The number of hydrogen-bond donors (Lipinski definition) is 1. The predicted octanol–water partition coefficient (Wildman–Crippen LogP) is 1.21. The van der Waals surface area contributed by atoms with E-state index in [0.717, 1.165) is 0 Å². The number of ether oxygens (including phenoxy) is 2. The molecule has 1 aromatic rings. The molecule has 1 amide bonds. The van der Waals surface area contributed by atoms with Crippen molar-refractivity contribution in [3.05, 3.63) is 29.8 Å². The molecule has 0 unspecified atom stereocenters. The number of alkyl halides is 1. The number of methoxy groups -OCH3 is 1. The van der Waals surface area contributed by atoms with Gasteiger partial charge in [-0.05, 0) is 18.2 Å². The Morgan fingerprint density at radius 2 is 2.17 bits per heavy atom. The van der Waals surface area contributed by atoms with Gasteiger partial charge in [-0.3, -0.25) is 4.79 Å². The van der Waals surface area contributed by atoms with Gasteiger partial charge in [0.25, 0.3) is 0 Å². The summed E-state index contributed by atoms with van der Waals surface area (Å²) in [7, 11) is 1.32. The van der Waals surface area contributed by atoms with E-state index in [2.05, 4.69) is 10.1 Å². The highest BCUT2D eigenvalue weighted by atomic mass is 35.5. The normalized spacial score (nSPS) is 9.67. The van der Waals surface area contributed by atoms with E-state index >= 15 is 0 Å². The fourth-order valence-corrected chi connectivity index (χ4v) is 1.33. The van der Waals surface area contributed by atoms with Crippen LogP contribution in [-0.2, 0) is 9.53 Å². The van der Waals surface area contributed by atoms with E-state index < -0.39 is 5.97 Å². The summed E-state index contributed by atoms with van der Waals surface area (Å²) in [4.78, 5) is 22.1. The van der Waals surface area contributed by atoms with Gasteiger partial charge in [-0.25, -0.2) is 4.79 Å². The van der Waals surface area contributed by atoms with Gasteiger partial charge in [-0.15, -0.1) is 11.6 Å². The molecule has 1 rings (SSSR count). The molecule has 0 atom stereocenters. The quantitative estimate of drug-likeness (QED) is 0.480. The second kappa shape index (κ2) is 7.55. The van der Waals surface area contributed by atoms with Gasteiger partial charge in [-0.2, -0.15) is 0 Å². The van der Waals surface area contributed by atoms with Crippen LogP contribution in [0.1, 0.15) is 10.4 Å². The summed E-state index contributed by atoms with van der Waals surface area (Å²) >= 11 is 5.32. The molecule has 98 valence electrons. The summed E-state index contributed by atoms with van der Waals surface area (Å²) in [5.74, 6) is -0.199. The smallest absolute Gasteiger partial charge is 0.337 e. The second-order valence-corrected chi connectivity index (χ2v) is 3.62. The summed E-state index contributed by atoms with van der Waals surface area (Å²) in [5, 5.41) is 2.56. The number of amides is 1. The van der Waals surface area contributed by atoms with Gasteiger partial charge in [0, 0.05) is 0 Å². The molecule has 0 saturated carbocycles. The molecular formula is C12H14ClNO4. The van der Waals surface area contributed by atoms with Crippen LogP contribution >= 0.6 is 11.6 Å². The van der Waals surface area contributed by atoms with Gasteiger partial charge in [0.05, 0.1) is 19.2 Å². The molecular weight excluding hydrogens is 258 g/mol. The summed E-state index contributed by atoms with van der Waals surface area (Å²) in [6.45, 7) is 0.654. The third kappa shape index (κ3) is 4.63. The van der Waals surface area contributed by atoms with Crippen molar-refractivity contribution in [1.82, 2.24) is 5.32 Å². The standard InChI is InChI=1S/C12H14ClNO4/c1-17-12(16)9-3-2-4-10(7-9)18-6-5-14-11(15)8-13/h2-4,7H,5-6,8H2,1H3,(H,14,15). The first kappa shape index (κ1) is 14.3. The van der Waals surface area contributed by atoms with Crippen molar-refractivity contribution in [1.29, 1.82) is 0 Å². The maximum Gasteiger partial charge on any atom is 0.337 e. The van der Waals surface area contributed by atoms with Crippen molar-refractivity contribution in [2.75, 3.05) is 26.1 Å². The van der Waals surface area contributed by atoms with Crippen LogP contribution in [0.15, 0.2) is 24.3 Å². The van der Waals surface area contributed by atoms with Crippen LogP contribution in [0.25, 0.3) is 0 Å². The van der Waals surface area contributed by atoms with Gasteiger partial charge >= 0.3 is 5.97 Å².